The van der Waals surface area contributed by atoms with Crippen LogP contribution in [0.5, 0.6) is 0 Å². The lowest BCUT2D eigenvalue weighted by atomic mass is 10.00. The minimum absolute atomic E-state index is 0.0476. The summed E-state index contributed by atoms with van der Waals surface area (Å²) in [5.74, 6) is 0.918. The second-order valence-corrected chi connectivity index (χ2v) is 9.33. The summed E-state index contributed by atoms with van der Waals surface area (Å²) in [4.78, 5) is 33.5. The number of hydrogen-bond acceptors (Lipinski definition) is 6. The number of amides is 1. The molecule has 6 nitrogen and oxygen atoms in total. The highest BCUT2D eigenvalue weighted by molar-refractivity contribution is 7.99. The third kappa shape index (κ3) is 3.80. The molecule has 0 fully saturated rings. The van der Waals surface area contributed by atoms with Crippen LogP contribution in [0.25, 0.3) is 21.5 Å². The van der Waals surface area contributed by atoms with E-state index in [2.05, 4.69) is 18.7 Å². The van der Waals surface area contributed by atoms with Crippen LogP contribution in [0.1, 0.15) is 11.1 Å². The molecule has 1 amide bonds. The second kappa shape index (κ2) is 8.80. The Morgan fingerprint density at radius 2 is 2.09 bits per heavy atom. The van der Waals surface area contributed by atoms with E-state index in [0.717, 1.165) is 12.0 Å². The van der Waals surface area contributed by atoms with Gasteiger partial charge in [-0.25, -0.2) is 4.98 Å². The second-order valence-electron chi connectivity index (χ2n) is 7.53. The number of thiophene rings is 1. The smallest absolute Gasteiger partial charge is 0.263 e. The summed E-state index contributed by atoms with van der Waals surface area (Å²) in [5, 5.41) is 2.96. The van der Waals surface area contributed by atoms with E-state index in [0.29, 0.717) is 40.8 Å². The Bertz CT molecular complexity index is 1350. The van der Waals surface area contributed by atoms with Crippen molar-refractivity contribution in [2.45, 2.75) is 24.7 Å². The predicted octanol–water partition coefficient (Wildman–Crippen LogP) is 4.58. The van der Waals surface area contributed by atoms with Gasteiger partial charge in [-0.3, -0.25) is 14.2 Å². The van der Waals surface area contributed by atoms with E-state index in [1.807, 2.05) is 28.5 Å². The summed E-state index contributed by atoms with van der Waals surface area (Å²) in [5.41, 5.74) is 3.10. The normalized spacial score (nSPS) is 13.3. The molecule has 0 bridgehead atoms. The fourth-order valence-electron chi connectivity index (χ4n) is 3.95. The van der Waals surface area contributed by atoms with Crippen LogP contribution < -0.4 is 5.56 Å². The summed E-state index contributed by atoms with van der Waals surface area (Å²) in [7, 11) is 0. The topological polar surface area (TPSA) is 68.3 Å². The zero-order valence-electron chi connectivity index (χ0n) is 17.3. The number of hydrogen-bond donors (Lipinski definition) is 0. The number of carbonyl (C=O) groups is 1. The highest BCUT2D eigenvalue weighted by atomic mass is 32.2. The van der Waals surface area contributed by atoms with Crippen molar-refractivity contribution in [2.24, 2.45) is 0 Å². The average molecular weight is 464 g/mol. The standard InChI is InChI=1S/C24H21N3O3S2/c1-2-10-27-23(29)21-18(19-8-5-12-30-19)14-31-22(21)25-24(27)32-15-20(28)26-11-9-16-6-3-4-7-17(16)13-26/h2-8,12,14H,1,9-11,13,15H2. The molecular weight excluding hydrogens is 442 g/mol. The number of allylic oxidation sites excluding steroid dienone is 1. The molecule has 3 aromatic heterocycles. The first-order chi connectivity index (χ1) is 15.7. The molecule has 0 aliphatic carbocycles. The number of aromatic nitrogens is 2. The lowest BCUT2D eigenvalue weighted by molar-refractivity contribution is -0.129. The average Bonchev–Trinajstić information content (AvgIpc) is 3.49. The number of nitrogens with zero attached hydrogens (tertiary/aromatic N) is 3. The van der Waals surface area contributed by atoms with Crippen molar-refractivity contribution in [1.82, 2.24) is 14.5 Å². The summed E-state index contributed by atoms with van der Waals surface area (Å²) in [6.45, 7) is 5.43. The lowest BCUT2D eigenvalue weighted by Gasteiger charge is -2.28. The lowest BCUT2D eigenvalue weighted by Crippen LogP contribution is -2.37. The number of fused-ring (bicyclic) bond motifs is 2. The quantitative estimate of drug-likeness (QED) is 0.238. The SMILES string of the molecule is C=CCn1c(SCC(=O)N2CCc3ccccc3C2)nc2scc(-c3ccco3)c2c1=O. The van der Waals surface area contributed by atoms with Gasteiger partial charge in [0.1, 0.15) is 10.6 Å². The van der Waals surface area contributed by atoms with Crippen LogP contribution in [-0.4, -0.2) is 32.7 Å². The van der Waals surface area contributed by atoms with E-state index in [1.54, 1.807) is 23.0 Å². The Hall–Kier alpha value is -3.10. The molecular formula is C24H21N3O3S2. The molecule has 4 aromatic rings. The Morgan fingerprint density at radius 1 is 1.25 bits per heavy atom. The minimum Gasteiger partial charge on any atom is -0.464 e. The van der Waals surface area contributed by atoms with Crippen LogP contribution in [0.4, 0.5) is 0 Å². The minimum atomic E-state index is -0.149. The summed E-state index contributed by atoms with van der Waals surface area (Å²) in [6, 6.07) is 11.9. The first-order valence-electron chi connectivity index (χ1n) is 10.3. The van der Waals surface area contributed by atoms with Crippen molar-refractivity contribution in [1.29, 1.82) is 0 Å². The van der Waals surface area contributed by atoms with Gasteiger partial charge in [0.2, 0.25) is 5.91 Å². The molecule has 1 aromatic carbocycles. The molecule has 4 heterocycles. The van der Waals surface area contributed by atoms with Gasteiger partial charge in [-0.1, -0.05) is 42.1 Å². The van der Waals surface area contributed by atoms with Gasteiger partial charge >= 0.3 is 0 Å². The van der Waals surface area contributed by atoms with Crippen LogP contribution in [0.15, 0.2) is 75.1 Å². The summed E-state index contributed by atoms with van der Waals surface area (Å²) < 4.78 is 7.08. The van der Waals surface area contributed by atoms with E-state index in [-0.39, 0.29) is 17.2 Å². The highest BCUT2D eigenvalue weighted by Crippen LogP contribution is 2.32. The molecule has 162 valence electrons. The number of benzene rings is 1. The van der Waals surface area contributed by atoms with E-state index in [1.165, 1.54) is 34.2 Å². The Balaban J connectivity index is 1.40. The van der Waals surface area contributed by atoms with Crippen molar-refractivity contribution < 1.29 is 9.21 Å². The molecule has 0 atom stereocenters. The summed E-state index contributed by atoms with van der Waals surface area (Å²) >= 11 is 2.70. The van der Waals surface area contributed by atoms with Crippen LogP contribution in [0.3, 0.4) is 0 Å². The van der Waals surface area contributed by atoms with Gasteiger partial charge in [0.05, 0.1) is 17.4 Å². The third-order valence-electron chi connectivity index (χ3n) is 5.57. The van der Waals surface area contributed by atoms with Crippen LogP contribution in [0, 0.1) is 0 Å². The van der Waals surface area contributed by atoms with Crippen molar-refractivity contribution in [2.75, 3.05) is 12.3 Å². The van der Waals surface area contributed by atoms with Gasteiger partial charge in [0, 0.05) is 30.6 Å². The molecule has 5 rings (SSSR count). The maximum Gasteiger partial charge on any atom is 0.263 e. The Kier molecular flexibility index (Phi) is 5.71. The van der Waals surface area contributed by atoms with Crippen molar-refractivity contribution in [3.63, 3.8) is 0 Å². The number of carbonyl (C=O) groups excluding carboxylic acids is 1. The molecule has 0 radical (unpaired) electrons. The van der Waals surface area contributed by atoms with E-state index < -0.39 is 0 Å². The molecule has 0 saturated carbocycles. The van der Waals surface area contributed by atoms with Gasteiger partial charge in [-0.15, -0.1) is 17.9 Å². The Labute approximate surface area is 193 Å². The molecule has 0 spiro atoms. The van der Waals surface area contributed by atoms with E-state index >= 15 is 0 Å². The largest absolute Gasteiger partial charge is 0.464 e. The van der Waals surface area contributed by atoms with E-state index in [9.17, 15) is 9.59 Å². The zero-order chi connectivity index (χ0) is 22.1. The van der Waals surface area contributed by atoms with Gasteiger partial charge in [-0.05, 0) is 29.7 Å². The van der Waals surface area contributed by atoms with Crippen molar-refractivity contribution >= 4 is 39.2 Å². The monoisotopic (exact) mass is 463 g/mol. The van der Waals surface area contributed by atoms with Crippen molar-refractivity contribution in [3.05, 3.63) is 82.2 Å². The van der Waals surface area contributed by atoms with Crippen LogP contribution in [0.2, 0.25) is 0 Å². The number of thioether (sulfide) groups is 1. The van der Waals surface area contributed by atoms with Crippen molar-refractivity contribution in [3.8, 4) is 11.3 Å². The maximum atomic E-state index is 13.3. The fourth-order valence-corrected chi connectivity index (χ4v) is 5.83. The first kappa shape index (κ1) is 20.8. The van der Waals surface area contributed by atoms with Crippen LogP contribution >= 0.6 is 23.1 Å². The molecule has 0 saturated heterocycles. The zero-order valence-corrected chi connectivity index (χ0v) is 19.0. The molecule has 0 N–H and O–H groups in total. The predicted molar refractivity (Wildman–Crippen MR) is 128 cm³/mol. The number of furan rings is 1. The Morgan fingerprint density at radius 3 is 2.88 bits per heavy atom. The maximum absolute atomic E-state index is 13.3. The third-order valence-corrected chi connectivity index (χ3v) is 7.40. The molecule has 0 unspecified atom stereocenters. The van der Waals surface area contributed by atoms with Crippen LogP contribution in [-0.2, 0) is 24.3 Å². The molecule has 1 aliphatic heterocycles. The molecule has 1 aliphatic rings. The van der Waals surface area contributed by atoms with Gasteiger partial charge in [0.25, 0.3) is 5.56 Å². The number of rotatable bonds is 6. The summed E-state index contributed by atoms with van der Waals surface area (Å²) in [6.07, 6.45) is 4.12. The van der Waals surface area contributed by atoms with E-state index in [4.69, 9.17) is 9.40 Å². The van der Waals surface area contributed by atoms with Gasteiger partial charge in [0.15, 0.2) is 5.16 Å². The molecule has 8 heteroatoms. The molecule has 32 heavy (non-hydrogen) atoms. The highest BCUT2D eigenvalue weighted by Gasteiger charge is 2.22. The first-order valence-corrected chi connectivity index (χ1v) is 12.2. The van der Waals surface area contributed by atoms with Gasteiger partial charge < -0.3 is 9.32 Å². The fraction of sp³-hybridized carbons (Fsp3) is 0.208. The van der Waals surface area contributed by atoms with Gasteiger partial charge in [-0.2, -0.15) is 0 Å².